The molecule has 7 nitrogen and oxygen atoms in total. The van der Waals surface area contributed by atoms with Crippen molar-refractivity contribution in [3.63, 3.8) is 0 Å². The average Bonchev–Trinajstić information content (AvgIpc) is 3.47. The molecule has 0 amide bonds. The average molecular weight is 398 g/mol. The van der Waals surface area contributed by atoms with E-state index in [2.05, 4.69) is 6.58 Å². The van der Waals surface area contributed by atoms with Gasteiger partial charge < -0.3 is 19.3 Å². The van der Waals surface area contributed by atoms with Crippen LogP contribution in [0.2, 0.25) is 0 Å². The first kappa shape index (κ1) is 24.1. The van der Waals surface area contributed by atoms with Gasteiger partial charge in [-0.15, -0.1) is 0 Å². The van der Waals surface area contributed by atoms with Crippen molar-refractivity contribution < 1.29 is 33.7 Å². The smallest absolute Gasteiger partial charge is 0.350 e. The Kier molecular flexibility index (Phi) is 10.8. The van der Waals surface area contributed by atoms with Crippen LogP contribution >= 0.6 is 0 Å². The highest BCUT2D eigenvalue weighted by Gasteiger charge is 2.44. The Morgan fingerprint density at radius 2 is 1.71 bits per heavy atom. The lowest BCUT2D eigenvalue weighted by atomic mass is 9.89. The summed E-state index contributed by atoms with van der Waals surface area (Å²) < 4.78 is 16.1. The number of epoxide rings is 1. The SMILES string of the molecule is C=C(C)C(=O)OC(CCCC)(CCCCCCCC(=O)O)C(=O)OCC1CO1. The number of rotatable bonds is 16. The number of unbranched alkanes of at least 4 members (excludes halogenated alkanes) is 5. The van der Waals surface area contributed by atoms with Gasteiger partial charge in [-0.05, 0) is 39.0 Å². The first-order valence-electron chi connectivity index (χ1n) is 10.2. The first-order valence-corrected chi connectivity index (χ1v) is 10.2. The molecule has 0 bridgehead atoms. The molecule has 0 aromatic heterocycles. The van der Waals surface area contributed by atoms with Crippen LogP contribution in [0, 0.1) is 0 Å². The van der Waals surface area contributed by atoms with Crippen molar-refractivity contribution in [3.8, 4) is 0 Å². The Balaban J connectivity index is 2.67. The molecule has 0 spiro atoms. The predicted octanol–water partition coefficient (Wildman–Crippen LogP) is 3.79. The Morgan fingerprint density at radius 1 is 1.11 bits per heavy atom. The predicted molar refractivity (Wildman–Crippen MR) is 104 cm³/mol. The van der Waals surface area contributed by atoms with Gasteiger partial charge in [0.25, 0.3) is 0 Å². The lowest BCUT2D eigenvalue weighted by Gasteiger charge is -2.31. The number of esters is 2. The lowest BCUT2D eigenvalue weighted by molar-refractivity contribution is -0.183. The molecular formula is C21H34O7. The summed E-state index contributed by atoms with van der Waals surface area (Å²) in [5.74, 6) is -1.89. The molecule has 0 aliphatic carbocycles. The molecule has 2 atom stereocenters. The molecule has 1 fully saturated rings. The van der Waals surface area contributed by atoms with Crippen LogP contribution in [0.25, 0.3) is 0 Å². The molecule has 0 saturated carbocycles. The van der Waals surface area contributed by atoms with E-state index in [1.807, 2.05) is 6.92 Å². The summed E-state index contributed by atoms with van der Waals surface area (Å²) in [5, 5.41) is 8.67. The van der Waals surface area contributed by atoms with Gasteiger partial charge in [-0.2, -0.15) is 0 Å². The molecule has 2 unspecified atom stereocenters. The minimum Gasteiger partial charge on any atom is -0.481 e. The van der Waals surface area contributed by atoms with Gasteiger partial charge in [0.15, 0.2) is 0 Å². The van der Waals surface area contributed by atoms with Crippen LogP contribution in [0.1, 0.15) is 78.1 Å². The molecule has 0 aromatic rings. The number of carbonyl (C=O) groups excluding carboxylic acids is 2. The fourth-order valence-electron chi connectivity index (χ4n) is 2.88. The summed E-state index contributed by atoms with van der Waals surface area (Å²) >= 11 is 0. The fourth-order valence-corrected chi connectivity index (χ4v) is 2.88. The topological polar surface area (TPSA) is 102 Å². The molecular weight excluding hydrogens is 364 g/mol. The maximum absolute atomic E-state index is 12.9. The quantitative estimate of drug-likeness (QED) is 0.183. The molecule has 160 valence electrons. The number of ether oxygens (including phenoxy) is 3. The standard InChI is InChI=1S/C21H34O7/c1-4-5-12-21(28-19(24)16(2)3,20(25)27-15-17-14-26-17)13-10-8-6-7-9-11-18(22)23/h17H,2,4-15H2,1,3H3,(H,22,23). The van der Waals surface area contributed by atoms with Crippen LogP contribution in [0.3, 0.4) is 0 Å². The number of hydrogen-bond acceptors (Lipinski definition) is 6. The van der Waals surface area contributed by atoms with E-state index >= 15 is 0 Å². The van der Waals surface area contributed by atoms with Crippen molar-refractivity contribution in [1.29, 1.82) is 0 Å². The summed E-state index contributed by atoms with van der Waals surface area (Å²) in [7, 11) is 0. The lowest BCUT2D eigenvalue weighted by Crippen LogP contribution is -2.45. The van der Waals surface area contributed by atoms with Crippen molar-refractivity contribution in [2.75, 3.05) is 13.2 Å². The number of hydrogen-bond donors (Lipinski definition) is 1. The molecule has 7 heteroatoms. The van der Waals surface area contributed by atoms with E-state index < -0.39 is 23.5 Å². The minimum atomic E-state index is -1.30. The van der Waals surface area contributed by atoms with E-state index in [4.69, 9.17) is 19.3 Å². The van der Waals surface area contributed by atoms with Crippen LogP contribution in [-0.2, 0) is 28.6 Å². The number of carboxylic acids is 1. The molecule has 1 heterocycles. The summed E-state index contributed by atoms with van der Waals surface area (Å²) in [6.07, 6.45) is 6.36. The maximum atomic E-state index is 12.9. The van der Waals surface area contributed by atoms with Gasteiger partial charge in [0.1, 0.15) is 12.7 Å². The summed E-state index contributed by atoms with van der Waals surface area (Å²) in [4.78, 5) is 35.6. The molecule has 28 heavy (non-hydrogen) atoms. The zero-order valence-electron chi connectivity index (χ0n) is 17.2. The zero-order chi connectivity index (χ0) is 21.0. The third-order valence-corrected chi connectivity index (χ3v) is 4.72. The molecule has 1 rings (SSSR count). The number of aliphatic carboxylic acids is 1. The fraction of sp³-hybridized carbons (Fsp3) is 0.762. The van der Waals surface area contributed by atoms with E-state index in [0.717, 1.165) is 32.1 Å². The van der Waals surface area contributed by atoms with E-state index in [1.165, 1.54) is 0 Å². The van der Waals surface area contributed by atoms with Crippen molar-refractivity contribution in [2.24, 2.45) is 0 Å². The monoisotopic (exact) mass is 398 g/mol. The van der Waals surface area contributed by atoms with Crippen LogP contribution in [0.4, 0.5) is 0 Å². The normalized spacial score (nSPS) is 17.4. The van der Waals surface area contributed by atoms with Crippen molar-refractivity contribution >= 4 is 17.9 Å². The van der Waals surface area contributed by atoms with Crippen LogP contribution in [-0.4, -0.2) is 47.9 Å². The largest absolute Gasteiger partial charge is 0.481 e. The van der Waals surface area contributed by atoms with Gasteiger partial charge in [-0.1, -0.05) is 39.2 Å². The Hall–Kier alpha value is -1.89. The second kappa shape index (κ2) is 12.5. The van der Waals surface area contributed by atoms with E-state index in [0.29, 0.717) is 32.3 Å². The Labute approximate surface area is 167 Å². The van der Waals surface area contributed by atoms with Gasteiger partial charge in [0, 0.05) is 12.0 Å². The number of carbonyl (C=O) groups is 3. The van der Waals surface area contributed by atoms with E-state index in [-0.39, 0.29) is 24.7 Å². The summed E-state index contributed by atoms with van der Waals surface area (Å²) in [5.41, 5.74) is -1.06. The minimum absolute atomic E-state index is 0.0566. The third-order valence-electron chi connectivity index (χ3n) is 4.72. The summed E-state index contributed by atoms with van der Waals surface area (Å²) in [6, 6.07) is 0. The Bertz CT molecular complexity index is 539. The van der Waals surface area contributed by atoms with E-state index in [1.54, 1.807) is 6.92 Å². The van der Waals surface area contributed by atoms with Gasteiger partial charge in [-0.25, -0.2) is 9.59 Å². The van der Waals surface area contributed by atoms with Gasteiger partial charge in [0.05, 0.1) is 6.61 Å². The molecule has 1 aliphatic rings. The third kappa shape index (κ3) is 9.35. The Morgan fingerprint density at radius 3 is 2.29 bits per heavy atom. The van der Waals surface area contributed by atoms with Gasteiger partial charge in [-0.3, -0.25) is 4.79 Å². The van der Waals surface area contributed by atoms with Crippen LogP contribution in [0.15, 0.2) is 12.2 Å². The first-order chi connectivity index (χ1) is 13.3. The van der Waals surface area contributed by atoms with Crippen molar-refractivity contribution in [3.05, 3.63) is 12.2 Å². The molecule has 1 aliphatic heterocycles. The van der Waals surface area contributed by atoms with E-state index in [9.17, 15) is 14.4 Å². The van der Waals surface area contributed by atoms with Crippen molar-refractivity contribution in [2.45, 2.75) is 89.8 Å². The maximum Gasteiger partial charge on any atom is 0.350 e. The zero-order valence-corrected chi connectivity index (χ0v) is 17.2. The summed E-state index contributed by atoms with van der Waals surface area (Å²) in [6.45, 7) is 7.93. The highest BCUT2D eigenvalue weighted by molar-refractivity contribution is 5.91. The van der Waals surface area contributed by atoms with Crippen LogP contribution < -0.4 is 0 Å². The second-order valence-electron chi connectivity index (χ2n) is 7.48. The molecule has 1 saturated heterocycles. The molecule has 0 radical (unpaired) electrons. The highest BCUT2D eigenvalue weighted by Crippen LogP contribution is 2.30. The highest BCUT2D eigenvalue weighted by atomic mass is 16.6. The molecule has 1 N–H and O–H groups in total. The van der Waals surface area contributed by atoms with Crippen molar-refractivity contribution in [1.82, 2.24) is 0 Å². The van der Waals surface area contributed by atoms with Gasteiger partial charge >= 0.3 is 17.9 Å². The van der Waals surface area contributed by atoms with Gasteiger partial charge in [0.2, 0.25) is 5.60 Å². The number of carboxylic acid groups (broad SMARTS) is 1. The van der Waals surface area contributed by atoms with Crippen LogP contribution in [0.5, 0.6) is 0 Å². The second-order valence-corrected chi connectivity index (χ2v) is 7.48. The molecule has 0 aromatic carbocycles.